The molecule has 1 aliphatic carbocycles. The number of aromatic nitrogens is 2. The van der Waals surface area contributed by atoms with Gasteiger partial charge in [-0.2, -0.15) is 0 Å². The summed E-state index contributed by atoms with van der Waals surface area (Å²) >= 11 is 0. The van der Waals surface area contributed by atoms with Crippen LogP contribution in [0.15, 0.2) is 30.7 Å². The van der Waals surface area contributed by atoms with Crippen LogP contribution in [0.5, 0.6) is 0 Å². The lowest BCUT2D eigenvalue weighted by atomic mass is 9.95. The Bertz CT molecular complexity index is 674. The fourth-order valence-electron chi connectivity index (χ4n) is 3.10. The maximum atomic E-state index is 5.68. The number of benzene rings is 1. The molecule has 3 rings (SSSR count). The van der Waals surface area contributed by atoms with E-state index in [1.165, 1.54) is 32.1 Å². The van der Waals surface area contributed by atoms with Gasteiger partial charge in [0.15, 0.2) is 0 Å². The number of rotatable bonds is 4. The molecule has 0 bridgehead atoms. The lowest BCUT2D eigenvalue weighted by Crippen LogP contribution is -2.23. The summed E-state index contributed by atoms with van der Waals surface area (Å²) in [6.07, 6.45) is 9.59. The molecule has 5 nitrogen and oxygen atoms in total. The van der Waals surface area contributed by atoms with Crippen LogP contribution < -0.4 is 16.4 Å². The molecule has 1 saturated carbocycles. The third-order valence-electron chi connectivity index (χ3n) is 4.33. The van der Waals surface area contributed by atoms with Gasteiger partial charge in [0.25, 0.3) is 0 Å². The Morgan fingerprint density at radius 3 is 2.77 bits per heavy atom. The van der Waals surface area contributed by atoms with E-state index in [9.17, 15) is 0 Å². The van der Waals surface area contributed by atoms with Crippen LogP contribution in [0.4, 0.5) is 5.82 Å². The van der Waals surface area contributed by atoms with E-state index in [-0.39, 0.29) is 0 Å². The van der Waals surface area contributed by atoms with Gasteiger partial charge in [0, 0.05) is 24.7 Å². The Labute approximate surface area is 131 Å². The highest BCUT2D eigenvalue weighted by Gasteiger charge is 2.15. The zero-order valence-electron chi connectivity index (χ0n) is 13.0. The number of nitrogens with one attached hydrogen (secondary N) is 2. The number of nitrogens with two attached hydrogens (primary N) is 1. The monoisotopic (exact) mass is 297 g/mol. The van der Waals surface area contributed by atoms with Crippen molar-refractivity contribution < 1.29 is 0 Å². The van der Waals surface area contributed by atoms with Gasteiger partial charge in [-0.15, -0.1) is 0 Å². The first kappa shape index (κ1) is 14.6. The summed E-state index contributed by atoms with van der Waals surface area (Å²) in [5.41, 5.74) is 8.56. The smallest absolute Gasteiger partial charge is 0.137 e. The van der Waals surface area contributed by atoms with Crippen LogP contribution in [0.25, 0.3) is 16.6 Å². The van der Waals surface area contributed by atoms with Crippen molar-refractivity contribution in [1.29, 1.82) is 0 Å². The summed E-state index contributed by atoms with van der Waals surface area (Å²) in [4.78, 5) is 8.82. The van der Waals surface area contributed by atoms with Crippen LogP contribution in [-0.2, 0) is 0 Å². The predicted molar refractivity (Wildman–Crippen MR) is 91.3 cm³/mol. The van der Waals surface area contributed by atoms with Crippen molar-refractivity contribution >= 4 is 22.4 Å². The zero-order chi connectivity index (χ0) is 15.4. The number of hydrogen-bond donors (Lipinski definition) is 3. The van der Waals surface area contributed by atoms with Crippen molar-refractivity contribution in [2.45, 2.75) is 38.1 Å². The van der Waals surface area contributed by atoms with Crippen LogP contribution in [0, 0.1) is 0 Å². The van der Waals surface area contributed by atoms with Gasteiger partial charge in [0.1, 0.15) is 12.1 Å². The van der Waals surface area contributed by atoms with Gasteiger partial charge >= 0.3 is 0 Å². The van der Waals surface area contributed by atoms with Crippen LogP contribution in [0.2, 0.25) is 0 Å². The Morgan fingerprint density at radius 1 is 1.23 bits per heavy atom. The number of anilines is 1. The molecule has 1 aromatic carbocycles. The van der Waals surface area contributed by atoms with Crippen molar-refractivity contribution in [1.82, 2.24) is 15.3 Å². The van der Waals surface area contributed by atoms with E-state index in [0.29, 0.717) is 6.04 Å². The normalized spacial score (nSPS) is 16.7. The number of nitrogens with zero attached hydrogens (tertiary/aromatic N) is 2. The van der Waals surface area contributed by atoms with Crippen molar-refractivity contribution in [3.05, 3.63) is 36.3 Å². The van der Waals surface area contributed by atoms with E-state index < -0.39 is 0 Å². The Morgan fingerprint density at radius 2 is 2.05 bits per heavy atom. The van der Waals surface area contributed by atoms with Crippen LogP contribution in [0.1, 0.15) is 37.7 Å². The molecule has 1 fully saturated rings. The molecule has 116 valence electrons. The Balaban J connectivity index is 1.96. The van der Waals surface area contributed by atoms with Gasteiger partial charge < -0.3 is 16.4 Å². The molecular weight excluding hydrogens is 274 g/mol. The maximum absolute atomic E-state index is 5.68. The van der Waals surface area contributed by atoms with Gasteiger partial charge in [-0.1, -0.05) is 25.3 Å². The van der Waals surface area contributed by atoms with Gasteiger partial charge in [-0.05, 0) is 30.5 Å². The standard InChI is InChI=1S/C17H23N5/c1-19-16(10-18)12-7-8-15-14(9-12)17(21-11-20-15)22-13-5-3-2-4-6-13/h7-11,13,19H,2-6,18H2,1H3,(H,20,21,22)/b16-10-. The molecule has 1 aliphatic rings. The van der Waals surface area contributed by atoms with Crippen LogP contribution in [-0.4, -0.2) is 23.1 Å². The van der Waals surface area contributed by atoms with E-state index in [2.05, 4.69) is 26.7 Å². The molecule has 4 N–H and O–H groups in total. The second-order valence-electron chi connectivity index (χ2n) is 5.76. The summed E-state index contributed by atoms with van der Waals surface area (Å²) in [5.74, 6) is 0.922. The highest BCUT2D eigenvalue weighted by atomic mass is 15.0. The van der Waals surface area contributed by atoms with E-state index in [1.807, 2.05) is 19.2 Å². The lowest BCUT2D eigenvalue weighted by Gasteiger charge is -2.23. The molecule has 0 radical (unpaired) electrons. The molecule has 0 spiro atoms. The van der Waals surface area contributed by atoms with Crippen molar-refractivity contribution in [2.24, 2.45) is 5.73 Å². The topological polar surface area (TPSA) is 75.9 Å². The largest absolute Gasteiger partial charge is 0.403 e. The minimum Gasteiger partial charge on any atom is -0.403 e. The molecule has 0 unspecified atom stereocenters. The molecule has 0 atom stereocenters. The van der Waals surface area contributed by atoms with E-state index in [0.717, 1.165) is 28.0 Å². The summed E-state index contributed by atoms with van der Waals surface area (Å²) in [6, 6.07) is 6.65. The summed E-state index contributed by atoms with van der Waals surface area (Å²) in [6.45, 7) is 0. The molecule has 1 aromatic heterocycles. The summed E-state index contributed by atoms with van der Waals surface area (Å²) < 4.78 is 0. The van der Waals surface area contributed by atoms with Crippen LogP contribution >= 0.6 is 0 Å². The van der Waals surface area contributed by atoms with Gasteiger partial charge in [0.2, 0.25) is 0 Å². The third kappa shape index (κ3) is 2.98. The van der Waals surface area contributed by atoms with Gasteiger partial charge in [-0.3, -0.25) is 0 Å². The van der Waals surface area contributed by atoms with E-state index in [1.54, 1.807) is 12.5 Å². The average molecular weight is 297 g/mol. The average Bonchev–Trinajstić information content (AvgIpc) is 2.57. The Hall–Kier alpha value is -2.30. The molecule has 0 saturated heterocycles. The first-order chi connectivity index (χ1) is 10.8. The fourth-order valence-corrected chi connectivity index (χ4v) is 3.10. The molecule has 22 heavy (non-hydrogen) atoms. The van der Waals surface area contributed by atoms with Gasteiger partial charge in [0.05, 0.1) is 11.2 Å². The molecular formula is C17H23N5. The molecule has 0 aliphatic heterocycles. The summed E-state index contributed by atoms with van der Waals surface area (Å²) in [7, 11) is 1.87. The maximum Gasteiger partial charge on any atom is 0.137 e. The number of fused-ring (bicyclic) bond motifs is 1. The van der Waals surface area contributed by atoms with E-state index in [4.69, 9.17) is 5.73 Å². The first-order valence-electron chi connectivity index (χ1n) is 7.93. The highest BCUT2D eigenvalue weighted by molar-refractivity contribution is 5.91. The highest BCUT2D eigenvalue weighted by Crippen LogP contribution is 2.26. The molecule has 0 amide bonds. The third-order valence-corrected chi connectivity index (χ3v) is 4.33. The van der Waals surface area contributed by atoms with Crippen molar-refractivity contribution in [3.8, 4) is 0 Å². The predicted octanol–water partition coefficient (Wildman–Crippen LogP) is 2.85. The molecule has 5 heteroatoms. The molecule has 1 heterocycles. The van der Waals surface area contributed by atoms with Crippen LogP contribution in [0.3, 0.4) is 0 Å². The first-order valence-corrected chi connectivity index (χ1v) is 7.93. The van der Waals surface area contributed by atoms with Gasteiger partial charge in [-0.25, -0.2) is 9.97 Å². The fraction of sp³-hybridized carbons (Fsp3) is 0.412. The SMILES string of the molecule is CN/C(=C\N)c1ccc2ncnc(NC3CCCCC3)c2c1. The van der Waals surface area contributed by atoms with Crippen molar-refractivity contribution in [3.63, 3.8) is 0 Å². The van der Waals surface area contributed by atoms with Crippen molar-refractivity contribution in [2.75, 3.05) is 12.4 Å². The zero-order valence-corrected chi connectivity index (χ0v) is 13.0. The quantitative estimate of drug-likeness (QED) is 0.809. The minimum atomic E-state index is 0.518. The van der Waals surface area contributed by atoms with E-state index >= 15 is 0 Å². The second-order valence-corrected chi connectivity index (χ2v) is 5.76. The Kier molecular flexibility index (Phi) is 4.42. The second kappa shape index (κ2) is 6.64. The minimum absolute atomic E-state index is 0.518. The lowest BCUT2D eigenvalue weighted by molar-refractivity contribution is 0.462. The summed E-state index contributed by atoms with van der Waals surface area (Å²) in [5, 5.41) is 7.75. The molecule has 2 aromatic rings. The number of hydrogen-bond acceptors (Lipinski definition) is 5.